The van der Waals surface area contributed by atoms with E-state index in [0.717, 1.165) is 50.8 Å². The Labute approximate surface area is 244 Å². The highest BCUT2D eigenvalue weighted by molar-refractivity contribution is 5.90. The second kappa shape index (κ2) is 8.17. The molecular formula is C38H27N3O. The number of pyridine rings is 2. The molecule has 0 atom stereocenters. The quantitative estimate of drug-likeness (QED) is 0.208. The highest BCUT2D eigenvalue weighted by Gasteiger charge is 2.52. The summed E-state index contributed by atoms with van der Waals surface area (Å²) in [4.78, 5) is 12.5. The average Bonchev–Trinajstić information content (AvgIpc) is 3.32. The predicted molar refractivity (Wildman–Crippen MR) is 166 cm³/mol. The SMILES string of the molecule is CC1(C)c2ccccc2N(c2cnc3c(c2)C2(c4ccccc4Oc4ccccc42)c2cccnc2-3)c2ccccc21. The smallest absolute Gasteiger partial charge is 0.132 e. The van der Waals surface area contributed by atoms with Gasteiger partial charge in [0, 0.05) is 28.3 Å². The Morgan fingerprint density at radius 1 is 0.548 bits per heavy atom. The van der Waals surface area contributed by atoms with Crippen molar-refractivity contribution in [1.82, 2.24) is 9.97 Å². The zero-order valence-electron chi connectivity index (χ0n) is 23.4. The van der Waals surface area contributed by atoms with Gasteiger partial charge in [-0.25, -0.2) is 0 Å². The van der Waals surface area contributed by atoms with Crippen LogP contribution in [-0.4, -0.2) is 9.97 Å². The highest BCUT2D eigenvalue weighted by Crippen LogP contribution is 2.62. The molecule has 0 saturated heterocycles. The van der Waals surface area contributed by atoms with Crippen molar-refractivity contribution in [2.24, 2.45) is 0 Å². The number of rotatable bonds is 1. The molecule has 2 aliphatic heterocycles. The minimum atomic E-state index is -0.610. The van der Waals surface area contributed by atoms with Crippen molar-refractivity contribution >= 4 is 17.1 Å². The fourth-order valence-corrected chi connectivity index (χ4v) is 7.61. The maximum absolute atomic E-state index is 6.51. The second-order valence-corrected chi connectivity index (χ2v) is 11.8. The van der Waals surface area contributed by atoms with Gasteiger partial charge in [-0.1, -0.05) is 92.7 Å². The number of fused-ring (bicyclic) bond motifs is 11. The maximum Gasteiger partial charge on any atom is 0.132 e. The maximum atomic E-state index is 6.51. The summed E-state index contributed by atoms with van der Waals surface area (Å²) in [5.41, 5.74) is 11.5. The molecular weight excluding hydrogens is 514 g/mol. The Balaban J connectivity index is 1.38. The molecule has 2 aromatic heterocycles. The number of nitrogens with zero attached hydrogens (tertiary/aromatic N) is 3. The first-order valence-electron chi connectivity index (χ1n) is 14.4. The Kier molecular flexibility index (Phi) is 4.57. The number of benzene rings is 4. The lowest BCUT2D eigenvalue weighted by Crippen LogP contribution is -2.33. The van der Waals surface area contributed by atoms with Crippen LogP contribution in [0.1, 0.15) is 47.2 Å². The van der Waals surface area contributed by atoms with Gasteiger partial charge in [-0.2, -0.15) is 0 Å². The zero-order chi connectivity index (χ0) is 28.1. The van der Waals surface area contributed by atoms with Crippen LogP contribution in [0, 0.1) is 0 Å². The first-order valence-corrected chi connectivity index (χ1v) is 14.4. The number of aromatic nitrogens is 2. The number of hydrogen-bond acceptors (Lipinski definition) is 4. The van der Waals surface area contributed by atoms with Crippen molar-refractivity contribution in [3.8, 4) is 22.9 Å². The molecule has 42 heavy (non-hydrogen) atoms. The topological polar surface area (TPSA) is 38.2 Å². The third-order valence-electron chi connectivity index (χ3n) is 9.41. The summed E-state index contributed by atoms with van der Waals surface area (Å²) in [7, 11) is 0. The summed E-state index contributed by atoms with van der Waals surface area (Å²) in [6.45, 7) is 4.63. The van der Waals surface area contributed by atoms with Crippen LogP contribution in [0.3, 0.4) is 0 Å². The molecule has 0 bridgehead atoms. The molecule has 200 valence electrons. The minimum Gasteiger partial charge on any atom is -0.457 e. The van der Waals surface area contributed by atoms with E-state index in [-0.39, 0.29) is 5.41 Å². The molecule has 9 rings (SSSR count). The number of ether oxygens (including phenoxy) is 1. The molecule has 0 unspecified atom stereocenters. The summed E-state index contributed by atoms with van der Waals surface area (Å²) in [5, 5.41) is 0. The molecule has 1 spiro atoms. The minimum absolute atomic E-state index is 0.131. The normalized spacial score (nSPS) is 15.9. The average molecular weight is 542 g/mol. The largest absolute Gasteiger partial charge is 0.457 e. The summed E-state index contributed by atoms with van der Waals surface area (Å²) in [6, 6.07) is 40.9. The summed E-state index contributed by atoms with van der Waals surface area (Å²) >= 11 is 0. The monoisotopic (exact) mass is 541 g/mol. The van der Waals surface area contributed by atoms with Gasteiger partial charge in [-0.15, -0.1) is 0 Å². The van der Waals surface area contributed by atoms with E-state index in [1.807, 2.05) is 30.6 Å². The fraction of sp³-hybridized carbons (Fsp3) is 0.105. The highest BCUT2D eigenvalue weighted by atomic mass is 16.5. The standard InChI is InChI=1S/C38H27N3O/c1-37(2)25-12-3-7-17-31(25)41(32-18-8-4-13-26(32)37)24-22-30-36(40-23-24)35-29(16-11-21-39-35)38(30)27-14-5-9-19-33(27)42-34-20-10-6-15-28(34)38/h3-23H,1-2H3. The van der Waals surface area contributed by atoms with Crippen LogP contribution in [0.5, 0.6) is 11.5 Å². The van der Waals surface area contributed by atoms with Crippen molar-refractivity contribution in [2.45, 2.75) is 24.7 Å². The van der Waals surface area contributed by atoms with Gasteiger partial charge in [0.15, 0.2) is 0 Å². The molecule has 4 heterocycles. The van der Waals surface area contributed by atoms with E-state index in [1.165, 1.54) is 22.5 Å². The molecule has 0 N–H and O–H groups in total. The van der Waals surface area contributed by atoms with E-state index in [9.17, 15) is 0 Å². The molecule has 0 amide bonds. The Morgan fingerprint density at radius 3 is 1.71 bits per heavy atom. The Hall–Kier alpha value is -5.22. The van der Waals surface area contributed by atoms with E-state index in [2.05, 4.69) is 116 Å². The van der Waals surface area contributed by atoms with Gasteiger partial charge >= 0.3 is 0 Å². The van der Waals surface area contributed by atoms with Crippen LogP contribution in [0.25, 0.3) is 11.4 Å². The lowest BCUT2D eigenvalue weighted by molar-refractivity contribution is 0.436. The van der Waals surface area contributed by atoms with Crippen LogP contribution >= 0.6 is 0 Å². The van der Waals surface area contributed by atoms with Gasteiger partial charge in [0.2, 0.25) is 0 Å². The van der Waals surface area contributed by atoms with Crippen LogP contribution in [0.4, 0.5) is 17.1 Å². The molecule has 1 aliphatic carbocycles. The Morgan fingerprint density at radius 2 is 1.07 bits per heavy atom. The third-order valence-corrected chi connectivity index (χ3v) is 9.41. The van der Waals surface area contributed by atoms with E-state index in [0.29, 0.717) is 0 Å². The van der Waals surface area contributed by atoms with E-state index >= 15 is 0 Å². The first-order chi connectivity index (χ1) is 20.6. The molecule has 4 nitrogen and oxygen atoms in total. The van der Waals surface area contributed by atoms with Gasteiger partial charge in [0.1, 0.15) is 11.5 Å². The summed E-state index contributed by atoms with van der Waals surface area (Å²) in [6.07, 6.45) is 3.88. The molecule has 3 aliphatic rings. The van der Waals surface area contributed by atoms with Gasteiger partial charge in [-0.3, -0.25) is 9.97 Å². The fourth-order valence-electron chi connectivity index (χ4n) is 7.61. The van der Waals surface area contributed by atoms with Crippen LogP contribution in [-0.2, 0) is 10.8 Å². The van der Waals surface area contributed by atoms with Gasteiger partial charge in [0.05, 0.1) is 40.1 Å². The van der Waals surface area contributed by atoms with Crippen molar-refractivity contribution in [3.05, 3.63) is 161 Å². The predicted octanol–water partition coefficient (Wildman–Crippen LogP) is 9.05. The zero-order valence-corrected chi connectivity index (χ0v) is 23.4. The Bertz CT molecular complexity index is 1980. The van der Waals surface area contributed by atoms with E-state index in [4.69, 9.17) is 14.7 Å². The van der Waals surface area contributed by atoms with Crippen LogP contribution in [0.15, 0.2) is 128 Å². The molecule has 0 saturated carbocycles. The van der Waals surface area contributed by atoms with Crippen molar-refractivity contribution in [3.63, 3.8) is 0 Å². The molecule has 0 fully saturated rings. The number of para-hydroxylation sites is 4. The van der Waals surface area contributed by atoms with Gasteiger partial charge < -0.3 is 9.64 Å². The molecule has 4 heteroatoms. The molecule has 6 aromatic rings. The summed E-state index contributed by atoms with van der Waals surface area (Å²) < 4.78 is 6.51. The van der Waals surface area contributed by atoms with Crippen molar-refractivity contribution in [1.29, 1.82) is 0 Å². The van der Waals surface area contributed by atoms with Gasteiger partial charge in [-0.05, 0) is 53.1 Å². The third kappa shape index (κ3) is 2.81. The van der Waals surface area contributed by atoms with Crippen molar-refractivity contribution in [2.75, 3.05) is 4.90 Å². The van der Waals surface area contributed by atoms with E-state index in [1.54, 1.807) is 0 Å². The van der Waals surface area contributed by atoms with Crippen molar-refractivity contribution < 1.29 is 4.74 Å². The molecule has 4 aromatic carbocycles. The second-order valence-electron chi connectivity index (χ2n) is 11.8. The van der Waals surface area contributed by atoms with Crippen LogP contribution < -0.4 is 9.64 Å². The first kappa shape index (κ1) is 23.5. The van der Waals surface area contributed by atoms with Gasteiger partial charge in [0.25, 0.3) is 0 Å². The lowest BCUT2D eigenvalue weighted by Gasteiger charge is -2.42. The lowest BCUT2D eigenvalue weighted by atomic mass is 9.66. The summed E-state index contributed by atoms with van der Waals surface area (Å²) in [5.74, 6) is 1.72. The van der Waals surface area contributed by atoms with E-state index < -0.39 is 5.41 Å². The number of hydrogen-bond donors (Lipinski definition) is 0. The van der Waals surface area contributed by atoms with Crippen LogP contribution in [0.2, 0.25) is 0 Å². The number of anilines is 3. The molecule has 0 radical (unpaired) electrons.